The van der Waals surface area contributed by atoms with Crippen LogP contribution in [0.4, 0.5) is 0 Å². The monoisotopic (exact) mass is 222 g/mol. The van der Waals surface area contributed by atoms with Crippen molar-refractivity contribution in [2.75, 3.05) is 0 Å². The Kier molecular flexibility index (Phi) is 4.35. The van der Waals surface area contributed by atoms with Gasteiger partial charge in [-0.3, -0.25) is 4.79 Å². The van der Waals surface area contributed by atoms with E-state index in [9.17, 15) is 9.90 Å². The molecular formula is C13H18O3. The van der Waals surface area contributed by atoms with Gasteiger partial charge in [0.1, 0.15) is 5.75 Å². The van der Waals surface area contributed by atoms with Crippen LogP contribution in [-0.4, -0.2) is 16.2 Å². The van der Waals surface area contributed by atoms with Gasteiger partial charge in [0.25, 0.3) is 0 Å². The first-order chi connectivity index (χ1) is 7.54. The Morgan fingerprint density at radius 2 is 2.00 bits per heavy atom. The van der Waals surface area contributed by atoms with E-state index in [1.807, 2.05) is 19.9 Å². The zero-order valence-corrected chi connectivity index (χ0v) is 9.79. The smallest absolute Gasteiger partial charge is 0.303 e. The molecule has 16 heavy (non-hydrogen) atoms. The van der Waals surface area contributed by atoms with Crippen molar-refractivity contribution in [3.05, 3.63) is 28.8 Å². The van der Waals surface area contributed by atoms with E-state index in [0.29, 0.717) is 12.2 Å². The number of phenols is 1. The van der Waals surface area contributed by atoms with E-state index in [-0.39, 0.29) is 6.42 Å². The van der Waals surface area contributed by atoms with Crippen molar-refractivity contribution >= 4 is 5.97 Å². The summed E-state index contributed by atoms with van der Waals surface area (Å²) in [7, 11) is 0. The van der Waals surface area contributed by atoms with E-state index in [0.717, 1.165) is 29.5 Å². The Balaban J connectivity index is 2.75. The molecule has 1 aromatic rings. The van der Waals surface area contributed by atoms with Crippen molar-refractivity contribution in [1.82, 2.24) is 0 Å². The van der Waals surface area contributed by atoms with E-state index in [1.165, 1.54) is 0 Å². The Hall–Kier alpha value is -1.51. The predicted octanol–water partition coefficient (Wildman–Crippen LogP) is 2.67. The summed E-state index contributed by atoms with van der Waals surface area (Å²) in [5.41, 5.74) is 3.09. The first kappa shape index (κ1) is 12.6. The molecule has 0 spiro atoms. The van der Waals surface area contributed by atoms with Crippen LogP contribution < -0.4 is 0 Å². The summed E-state index contributed by atoms with van der Waals surface area (Å²) in [5.74, 6) is -0.422. The molecule has 0 atom stereocenters. The molecule has 3 heteroatoms. The summed E-state index contributed by atoms with van der Waals surface area (Å²) in [6.45, 7) is 3.93. The lowest BCUT2D eigenvalue weighted by Crippen LogP contribution is -1.98. The van der Waals surface area contributed by atoms with Gasteiger partial charge in [0.05, 0.1) is 0 Å². The topological polar surface area (TPSA) is 57.5 Å². The molecule has 1 rings (SSSR count). The summed E-state index contributed by atoms with van der Waals surface area (Å²) in [4.78, 5) is 10.4. The molecule has 0 aromatic heterocycles. The van der Waals surface area contributed by atoms with Gasteiger partial charge in [-0.1, -0.05) is 13.0 Å². The minimum absolute atomic E-state index is 0.196. The maximum absolute atomic E-state index is 10.4. The number of carboxylic acids is 1. The molecule has 0 aliphatic heterocycles. The molecule has 1 aromatic carbocycles. The SMILES string of the molecule is CCc1cc(CCCC(=O)O)c(C)cc1O. The van der Waals surface area contributed by atoms with Crippen LogP contribution in [0.5, 0.6) is 5.75 Å². The van der Waals surface area contributed by atoms with Crippen LogP contribution in [0.25, 0.3) is 0 Å². The minimum Gasteiger partial charge on any atom is -0.508 e. The molecule has 0 aliphatic carbocycles. The quantitative estimate of drug-likeness (QED) is 0.805. The second kappa shape index (κ2) is 5.54. The number of phenolic OH excluding ortho intramolecular Hbond substituents is 1. The third-order valence-electron chi connectivity index (χ3n) is 2.75. The fourth-order valence-electron chi connectivity index (χ4n) is 1.77. The van der Waals surface area contributed by atoms with Crippen LogP contribution in [-0.2, 0) is 17.6 Å². The summed E-state index contributed by atoms with van der Waals surface area (Å²) < 4.78 is 0. The second-order valence-corrected chi connectivity index (χ2v) is 4.01. The van der Waals surface area contributed by atoms with Crippen LogP contribution in [0.1, 0.15) is 36.5 Å². The number of carboxylic acid groups (broad SMARTS) is 1. The highest BCUT2D eigenvalue weighted by molar-refractivity contribution is 5.66. The molecule has 0 aliphatic rings. The minimum atomic E-state index is -0.757. The molecule has 2 N–H and O–H groups in total. The number of aromatic hydroxyl groups is 1. The molecule has 0 saturated carbocycles. The molecule has 0 radical (unpaired) electrons. The highest BCUT2D eigenvalue weighted by Crippen LogP contribution is 2.23. The summed E-state index contributed by atoms with van der Waals surface area (Å²) in [6, 6.07) is 3.74. The first-order valence-corrected chi connectivity index (χ1v) is 5.57. The Morgan fingerprint density at radius 1 is 1.31 bits per heavy atom. The van der Waals surface area contributed by atoms with Crippen molar-refractivity contribution in [2.45, 2.75) is 39.5 Å². The second-order valence-electron chi connectivity index (χ2n) is 4.01. The van der Waals surface area contributed by atoms with Gasteiger partial charge in [0.15, 0.2) is 0 Å². The van der Waals surface area contributed by atoms with E-state index in [1.54, 1.807) is 6.07 Å². The normalized spacial score (nSPS) is 10.4. The number of hydrogen-bond donors (Lipinski definition) is 2. The number of rotatable bonds is 5. The van der Waals surface area contributed by atoms with Gasteiger partial charge in [-0.15, -0.1) is 0 Å². The van der Waals surface area contributed by atoms with Crippen molar-refractivity contribution in [1.29, 1.82) is 0 Å². The summed E-state index contributed by atoms with van der Waals surface area (Å²) in [6.07, 6.45) is 2.38. The van der Waals surface area contributed by atoms with E-state index < -0.39 is 5.97 Å². The third-order valence-corrected chi connectivity index (χ3v) is 2.75. The molecule has 0 bridgehead atoms. The van der Waals surface area contributed by atoms with Gasteiger partial charge in [0.2, 0.25) is 0 Å². The van der Waals surface area contributed by atoms with Gasteiger partial charge in [0, 0.05) is 6.42 Å². The van der Waals surface area contributed by atoms with E-state index in [4.69, 9.17) is 5.11 Å². The first-order valence-electron chi connectivity index (χ1n) is 5.57. The third kappa shape index (κ3) is 3.26. The van der Waals surface area contributed by atoms with Gasteiger partial charge < -0.3 is 10.2 Å². The number of aliphatic carboxylic acids is 1. The van der Waals surface area contributed by atoms with Gasteiger partial charge in [-0.2, -0.15) is 0 Å². The van der Waals surface area contributed by atoms with Gasteiger partial charge >= 0.3 is 5.97 Å². The van der Waals surface area contributed by atoms with Crippen molar-refractivity contribution < 1.29 is 15.0 Å². The van der Waals surface area contributed by atoms with Crippen molar-refractivity contribution in [2.24, 2.45) is 0 Å². The molecule has 0 fully saturated rings. The van der Waals surface area contributed by atoms with Crippen LogP contribution in [0.3, 0.4) is 0 Å². The van der Waals surface area contributed by atoms with Gasteiger partial charge in [-0.25, -0.2) is 0 Å². The van der Waals surface area contributed by atoms with Crippen LogP contribution in [0.15, 0.2) is 12.1 Å². The molecule has 0 saturated heterocycles. The molecule has 0 heterocycles. The Bertz CT molecular complexity index is 383. The fraction of sp³-hybridized carbons (Fsp3) is 0.462. The Morgan fingerprint density at radius 3 is 2.56 bits per heavy atom. The molecular weight excluding hydrogens is 204 g/mol. The fourth-order valence-corrected chi connectivity index (χ4v) is 1.77. The number of benzene rings is 1. The lowest BCUT2D eigenvalue weighted by Gasteiger charge is -2.09. The maximum Gasteiger partial charge on any atom is 0.303 e. The summed E-state index contributed by atoms with van der Waals surface area (Å²) >= 11 is 0. The Labute approximate surface area is 95.7 Å². The van der Waals surface area contributed by atoms with Crippen molar-refractivity contribution in [3.8, 4) is 5.75 Å². The molecule has 0 unspecified atom stereocenters. The summed E-state index contributed by atoms with van der Waals surface area (Å²) in [5, 5.41) is 18.2. The zero-order valence-electron chi connectivity index (χ0n) is 9.79. The lowest BCUT2D eigenvalue weighted by atomic mass is 9.98. The molecule has 0 amide bonds. The van der Waals surface area contributed by atoms with Gasteiger partial charge in [-0.05, 0) is 48.9 Å². The van der Waals surface area contributed by atoms with Crippen molar-refractivity contribution in [3.63, 3.8) is 0 Å². The van der Waals surface area contributed by atoms with Crippen LogP contribution in [0, 0.1) is 6.92 Å². The largest absolute Gasteiger partial charge is 0.508 e. The number of aryl methyl sites for hydroxylation is 3. The van der Waals surface area contributed by atoms with Crippen LogP contribution in [0.2, 0.25) is 0 Å². The average Bonchev–Trinajstić information content (AvgIpc) is 2.20. The molecule has 3 nitrogen and oxygen atoms in total. The molecule has 88 valence electrons. The highest BCUT2D eigenvalue weighted by atomic mass is 16.4. The maximum atomic E-state index is 10.4. The highest BCUT2D eigenvalue weighted by Gasteiger charge is 2.06. The van der Waals surface area contributed by atoms with Crippen LogP contribution >= 0.6 is 0 Å². The zero-order chi connectivity index (χ0) is 12.1. The lowest BCUT2D eigenvalue weighted by molar-refractivity contribution is -0.137. The predicted molar refractivity (Wildman–Crippen MR) is 62.8 cm³/mol. The number of hydrogen-bond acceptors (Lipinski definition) is 2. The number of carbonyl (C=O) groups is 1. The van der Waals surface area contributed by atoms with E-state index in [2.05, 4.69) is 0 Å². The standard InChI is InChI=1S/C13H18O3/c1-3-10-8-11(5-4-6-13(15)16)9(2)7-12(10)14/h7-8,14H,3-6H2,1-2H3,(H,15,16). The average molecular weight is 222 g/mol. The van der Waals surface area contributed by atoms with E-state index >= 15 is 0 Å².